The summed E-state index contributed by atoms with van der Waals surface area (Å²) in [5.41, 5.74) is -1.97. The summed E-state index contributed by atoms with van der Waals surface area (Å²) >= 11 is 0. The van der Waals surface area contributed by atoms with Gasteiger partial charge in [0.1, 0.15) is 5.75 Å². The zero-order chi connectivity index (χ0) is 14.8. The molecule has 0 aliphatic carbocycles. The van der Waals surface area contributed by atoms with Crippen LogP contribution in [0.1, 0.15) is 37.0 Å². The lowest BCUT2D eigenvalue weighted by Gasteiger charge is -2.31. The van der Waals surface area contributed by atoms with E-state index in [4.69, 9.17) is 4.74 Å². The molecule has 1 rings (SSSR count). The number of benzene rings is 1. The molecule has 2 nitrogen and oxygen atoms in total. The van der Waals surface area contributed by atoms with Crippen LogP contribution >= 0.6 is 0 Å². The fraction of sp³-hybridized carbons (Fsp3) is 0.571. The van der Waals surface area contributed by atoms with E-state index < -0.39 is 18.2 Å². The normalized spacial score (nSPS) is 15.2. The molecule has 1 unspecified atom stereocenters. The van der Waals surface area contributed by atoms with E-state index in [9.17, 15) is 18.3 Å². The lowest BCUT2D eigenvalue weighted by atomic mass is 9.86. The second-order valence-electron chi connectivity index (χ2n) is 4.58. The standard InChI is InChI=1S/C14H19F3O2/c1-5-13(18,14(15,16)17)11-7-10(4)12(19-6-2)8-9(11)3/h7-8,18H,5-6H2,1-4H3. The highest BCUT2D eigenvalue weighted by atomic mass is 19.4. The minimum atomic E-state index is -4.70. The summed E-state index contributed by atoms with van der Waals surface area (Å²) < 4.78 is 44.5. The molecular formula is C14H19F3O2. The van der Waals surface area contributed by atoms with Crippen molar-refractivity contribution in [2.75, 3.05) is 6.61 Å². The molecule has 1 aromatic rings. The number of halogens is 3. The van der Waals surface area contributed by atoms with Crippen LogP contribution in [0.15, 0.2) is 12.1 Å². The summed E-state index contributed by atoms with van der Waals surface area (Å²) in [6, 6.07) is 2.90. The Morgan fingerprint density at radius 3 is 2.11 bits per heavy atom. The summed E-state index contributed by atoms with van der Waals surface area (Å²) in [7, 11) is 0. The molecule has 0 saturated carbocycles. The van der Waals surface area contributed by atoms with E-state index >= 15 is 0 Å². The Hall–Kier alpha value is -1.23. The molecule has 108 valence electrons. The van der Waals surface area contributed by atoms with Gasteiger partial charge in [-0.25, -0.2) is 0 Å². The highest BCUT2D eigenvalue weighted by Crippen LogP contribution is 2.43. The maximum atomic E-state index is 13.1. The number of hydrogen-bond acceptors (Lipinski definition) is 2. The Kier molecular flexibility index (Phi) is 4.50. The van der Waals surface area contributed by atoms with Gasteiger partial charge in [0.2, 0.25) is 0 Å². The average molecular weight is 276 g/mol. The molecule has 0 amide bonds. The summed E-state index contributed by atoms with van der Waals surface area (Å²) in [4.78, 5) is 0. The van der Waals surface area contributed by atoms with Gasteiger partial charge in [0, 0.05) is 0 Å². The lowest BCUT2D eigenvalue weighted by molar-refractivity contribution is -0.268. The molecule has 1 aromatic carbocycles. The summed E-state index contributed by atoms with van der Waals surface area (Å²) in [6.07, 6.45) is -5.13. The van der Waals surface area contributed by atoms with Gasteiger partial charge in [0.25, 0.3) is 0 Å². The highest BCUT2D eigenvalue weighted by molar-refractivity contribution is 5.44. The van der Waals surface area contributed by atoms with Crippen molar-refractivity contribution >= 4 is 0 Å². The average Bonchev–Trinajstić information content (AvgIpc) is 2.31. The van der Waals surface area contributed by atoms with Crippen LogP contribution in [0.5, 0.6) is 5.75 Å². The lowest BCUT2D eigenvalue weighted by Crippen LogP contribution is -2.42. The van der Waals surface area contributed by atoms with Crippen LogP contribution in [0.2, 0.25) is 0 Å². The Bertz CT molecular complexity index is 455. The van der Waals surface area contributed by atoms with Crippen LogP contribution in [-0.4, -0.2) is 17.9 Å². The van der Waals surface area contributed by atoms with Crippen LogP contribution < -0.4 is 4.74 Å². The van der Waals surface area contributed by atoms with Gasteiger partial charge in [-0.2, -0.15) is 13.2 Å². The van der Waals surface area contributed by atoms with E-state index in [0.29, 0.717) is 23.5 Å². The van der Waals surface area contributed by atoms with Crippen LogP contribution in [0, 0.1) is 13.8 Å². The minimum Gasteiger partial charge on any atom is -0.494 e. The molecule has 5 heteroatoms. The summed E-state index contributed by atoms with van der Waals surface area (Å²) in [6.45, 7) is 6.78. The van der Waals surface area contributed by atoms with Gasteiger partial charge < -0.3 is 9.84 Å². The van der Waals surface area contributed by atoms with Crippen molar-refractivity contribution in [1.82, 2.24) is 0 Å². The van der Waals surface area contributed by atoms with Crippen molar-refractivity contribution in [3.8, 4) is 5.75 Å². The molecule has 19 heavy (non-hydrogen) atoms. The van der Waals surface area contributed by atoms with E-state index in [2.05, 4.69) is 0 Å². The first kappa shape index (κ1) is 15.8. The molecule has 0 saturated heterocycles. The van der Waals surface area contributed by atoms with Crippen molar-refractivity contribution in [3.63, 3.8) is 0 Å². The number of ether oxygens (including phenoxy) is 1. The maximum absolute atomic E-state index is 13.1. The molecule has 0 fully saturated rings. The van der Waals surface area contributed by atoms with Crippen molar-refractivity contribution in [2.45, 2.75) is 45.9 Å². The molecule has 1 N–H and O–H groups in total. The van der Waals surface area contributed by atoms with Crippen LogP contribution in [0.3, 0.4) is 0 Å². The van der Waals surface area contributed by atoms with Gasteiger partial charge in [-0.15, -0.1) is 0 Å². The molecule has 0 aliphatic heterocycles. The third-order valence-electron chi connectivity index (χ3n) is 3.25. The number of alkyl halides is 3. The predicted octanol–water partition coefficient (Wildman–Crippen LogP) is 3.86. The maximum Gasteiger partial charge on any atom is 0.421 e. The first-order valence-electron chi connectivity index (χ1n) is 6.21. The van der Waals surface area contributed by atoms with E-state index in [1.165, 1.54) is 13.0 Å². The second-order valence-corrected chi connectivity index (χ2v) is 4.58. The smallest absolute Gasteiger partial charge is 0.421 e. The van der Waals surface area contributed by atoms with E-state index in [1.54, 1.807) is 26.8 Å². The largest absolute Gasteiger partial charge is 0.494 e. The van der Waals surface area contributed by atoms with Crippen LogP contribution in [0.4, 0.5) is 13.2 Å². The molecule has 0 bridgehead atoms. The first-order chi connectivity index (χ1) is 8.67. The monoisotopic (exact) mass is 276 g/mol. The van der Waals surface area contributed by atoms with Gasteiger partial charge in [-0.1, -0.05) is 6.92 Å². The predicted molar refractivity (Wildman–Crippen MR) is 67.3 cm³/mol. The second kappa shape index (κ2) is 5.41. The summed E-state index contributed by atoms with van der Waals surface area (Å²) in [5, 5.41) is 9.99. The zero-order valence-electron chi connectivity index (χ0n) is 11.6. The minimum absolute atomic E-state index is 0.108. The van der Waals surface area contributed by atoms with Gasteiger partial charge in [0.05, 0.1) is 6.61 Å². The first-order valence-corrected chi connectivity index (χ1v) is 6.21. The van der Waals surface area contributed by atoms with Gasteiger partial charge in [0.15, 0.2) is 5.60 Å². The Labute approximate surface area is 111 Å². The zero-order valence-corrected chi connectivity index (χ0v) is 11.6. The van der Waals surface area contributed by atoms with E-state index in [-0.39, 0.29) is 5.56 Å². The fourth-order valence-electron chi connectivity index (χ4n) is 2.09. The van der Waals surface area contributed by atoms with Crippen molar-refractivity contribution in [3.05, 3.63) is 28.8 Å². The SMILES string of the molecule is CCOc1cc(C)c(C(O)(CC)C(F)(F)F)cc1C. The van der Waals surface area contributed by atoms with Crippen LogP contribution in [0.25, 0.3) is 0 Å². The molecule has 1 atom stereocenters. The Morgan fingerprint density at radius 1 is 1.11 bits per heavy atom. The van der Waals surface area contributed by atoms with Crippen molar-refractivity contribution < 1.29 is 23.0 Å². The van der Waals surface area contributed by atoms with Crippen molar-refractivity contribution in [2.24, 2.45) is 0 Å². The molecular weight excluding hydrogens is 257 g/mol. The third kappa shape index (κ3) is 2.86. The molecule has 0 spiro atoms. The highest BCUT2D eigenvalue weighted by Gasteiger charge is 2.54. The molecule has 0 aliphatic rings. The van der Waals surface area contributed by atoms with Gasteiger partial charge in [-0.3, -0.25) is 0 Å². The third-order valence-corrected chi connectivity index (χ3v) is 3.25. The van der Waals surface area contributed by atoms with E-state index in [1.807, 2.05) is 0 Å². The Balaban J connectivity index is 3.39. The van der Waals surface area contributed by atoms with Gasteiger partial charge in [-0.05, 0) is 56.0 Å². The molecule has 0 radical (unpaired) electrons. The number of hydrogen-bond donors (Lipinski definition) is 1. The summed E-state index contributed by atoms with van der Waals surface area (Å²) in [5.74, 6) is 0.546. The molecule has 0 aromatic heterocycles. The fourth-order valence-corrected chi connectivity index (χ4v) is 2.09. The van der Waals surface area contributed by atoms with E-state index in [0.717, 1.165) is 0 Å². The van der Waals surface area contributed by atoms with Crippen molar-refractivity contribution in [1.29, 1.82) is 0 Å². The van der Waals surface area contributed by atoms with Gasteiger partial charge >= 0.3 is 6.18 Å². The number of aliphatic hydroxyl groups is 1. The molecule has 0 heterocycles. The van der Waals surface area contributed by atoms with Crippen LogP contribution in [-0.2, 0) is 5.60 Å². The quantitative estimate of drug-likeness (QED) is 0.904. The topological polar surface area (TPSA) is 29.5 Å². The Morgan fingerprint density at radius 2 is 1.68 bits per heavy atom. The number of aryl methyl sites for hydroxylation is 2. The number of rotatable bonds is 4.